The summed E-state index contributed by atoms with van der Waals surface area (Å²) in [6.07, 6.45) is 1.08. The molecule has 6 heteroatoms. The second-order valence-electron chi connectivity index (χ2n) is 4.77. The number of ether oxygens (including phenoxy) is 1. The minimum atomic E-state index is -0.446. The third-order valence-electron chi connectivity index (χ3n) is 3.24. The molecule has 0 saturated carbocycles. The van der Waals surface area contributed by atoms with Crippen molar-refractivity contribution in [3.8, 4) is 11.5 Å². The van der Waals surface area contributed by atoms with Gasteiger partial charge in [0.05, 0.1) is 10.7 Å². The fourth-order valence-electron chi connectivity index (χ4n) is 2.19. The van der Waals surface area contributed by atoms with Gasteiger partial charge in [-0.1, -0.05) is 11.6 Å². The lowest BCUT2D eigenvalue weighted by atomic mass is 10.0. The third kappa shape index (κ3) is 2.78. The fourth-order valence-corrected chi connectivity index (χ4v) is 2.40. The lowest BCUT2D eigenvalue weighted by Crippen LogP contribution is -2.19. The van der Waals surface area contributed by atoms with E-state index in [2.05, 4.69) is 5.32 Å². The van der Waals surface area contributed by atoms with Gasteiger partial charge in [0.2, 0.25) is 5.91 Å². The molecular formula is C15H12ClFN2O2. The molecule has 1 heterocycles. The van der Waals surface area contributed by atoms with Crippen LogP contribution in [0, 0.1) is 5.82 Å². The summed E-state index contributed by atoms with van der Waals surface area (Å²) in [6, 6.07) is 7.25. The van der Waals surface area contributed by atoms with Gasteiger partial charge in [-0.15, -0.1) is 0 Å². The van der Waals surface area contributed by atoms with E-state index >= 15 is 0 Å². The molecule has 3 N–H and O–H groups in total. The minimum Gasteiger partial charge on any atom is -0.454 e. The summed E-state index contributed by atoms with van der Waals surface area (Å²) in [4.78, 5) is 11.4. The lowest BCUT2D eigenvalue weighted by molar-refractivity contribution is -0.116. The molecule has 1 aliphatic heterocycles. The highest BCUT2D eigenvalue weighted by atomic mass is 35.5. The molecule has 0 atom stereocenters. The predicted octanol–water partition coefficient (Wildman–Crippen LogP) is 3.74. The Labute approximate surface area is 125 Å². The molecule has 0 aliphatic carbocycles. The molecule has 4 nitrogen and oxygen atoms in total. The van der Waals surface area contributed by atoms with Gasteiger partial charge in [0.15, 0.2) is 5.75 Å². The topological polar surface area (TPSA) is 64.3 Å². The van der Waals surface area contributed by atoms with Gasteiger partial charge < -0.3 is 15.8 Å². The Morgan fingerprint density at radius 2 is 2.00 bits per heavy atom. The van der Waals surface area contributed by atoms with E-state index in [-0.39, 0.29) is 10.9 Å². The Kier molecular flexibility index (Phi) is 3.43. The van der Waals surface area contributed by atoms with Crippen molar-refractivity contribution in [3.05, 3.63) is 46.7 Å². The highest BCUT2D eigenvalue weighted by molar-refractivity contribution is 6.32. The van der Waals surface area contributed by atoms with Crippen molar-refractivity contribution in [2.24, 2.45) is 0 Å². The molecule has 0 fully saturated rings. The highest BCUT2D eigenvalue weighted by Crippen LogP contribution is 2.37. The van der Waals surface area contributed by atoms with Gasteiger partial charge in [0, 0.05) is 18.2 Å². The Morgan fingerprint density at radius 1 is 1.19 bits per heavy atom. The van der Waals surface area contributed by atoms with Crippen LogP contribution in [0.3, 0.4) is 0 Å². The molecule has 0 aromatic heterocycles. The first-order valence-corrected chi connectivity index (χ1v) is 6.76. The van der Waals surface area contributed by atoms with Crippen LogP contribution in [0.4, 0.5) is 15.8 Å². The Morgan fingerprint density at radius 3 is 2.76 bits per heavy atom. The molecule has 108 valence electrons. The fraction of sp³-hybridized carbons (Fsp3) is 0.133. The SMILES string of the molecule is Nc1cc2c(cc1Oc1ccc(F)cc1Cl)NC(=O)CC2. The van der Waals surface area contributed by atoms with E-state index in [0.29, 0.717) is 35.7 Å². The number of hydrogen-bond acceptors (Lipinski definition) is 3. The first kappa shape index (κ1) is 13.7. The van der Waals surface area contributed by atoms with E-state index in [4.69, 9.17) is 22.1 Å². The predicted molar refractivity (Wildman–Crippen MR) is 79.3 cm³/mol. The second-order valence-corrected chi connectivity index (χ2v) is 5.18. The monoisotopic (exact) mass is 306 g/mol. The number of carbonyl (C=O) groups excluding carboxylic acids is 1. The van der Waals surface area contributed by atoms with Crippen molar-refractivity contribution < 1.29 is 13.9 Å². The van der Waals surface area contributed by atoms with Crippen molar-refractivity contribution in [2.45, 2.75) is 12.8 Å². The van der Waals surface area contributed by atoms with Gasteiger partial charge in [0.25, 0.3) is 0 Å². The largest absolute Gasteiger partial charge is 0.454 e. The van der Waals surface area contributed by atoms with Crippen LogP contribution < -0.4 is 15.8 Å². The van der Waals surface area contributed by atoms with E-state index in [1.54, 1.807) is 12.1 Å². The van der Waals surface area contributed by atoms with Crippen LogP contribution in [0.25, 0.3) is 0 Å². The van der Waals surface area contributed by atoms with Gasteiger partial charge in [-0.2, -0.15) is 0 Å². The third-order valence-corrected chi connectivity index (χ3v) is 3.54. The molecule has 1 aliphatic rings. The zero-order valence-electron chi connectivity index (χ0n) is 11.0. The van der Waals surface area contributed by atoms with E-state index in [1.165, 1.54) is 12.1 Å². The van der Waals surface area contributed by atoms with Crippen molar-refractivity contribution in [1.82, 2.24) is 0 Å². The number of fused-ring (bicyclic) bond motifs is 1. The molecule has 0 unspecified atom stereocenters. The minimum absolute atomic E-state index is 0.0435. The number of carbonyl (C=O) groups is 1. The van der Waals surface area contributed by atoms with Crippen LogP contribution >= 0.6 is 11.6 Å². The second kappa shape index (κ2) is 5.26. The number of amides is 1. The molecule has 2 aromatic rings. The summed E-state index contributed by atoms with van der Waals surface area (Å²) < 4.78 is 18.6. The van der Waals surface area contributed by atoms with Gasteiger partial charge in [-0.3, -0.25) is 4.79 Å². The van der Waals surface area contributed by atoms with E-state index in [0.717, 1.165) is 11.6 Å². The maximum absolute atomic E-state index is 13.0. The smallest absolute Gasteiger partial charge is 0.224 e. The molecule has 21 heavy (non-hydrogen) atoms. The van der Waals surface area contributed by atoms with Crippen molar-refractivity contribution in [2.75, 3.05) is 11.1 Å². The van der Waals surface area contributed by atoms with Crippen molar-refractivity contribution >= 4 is 28.9 Å². The van der Waals surface area contributed by atoms with E-state index in [9.17, 15) is 9.18 Å². The van der Waals surface area contributed by atoms with Crippen LogP contribution in [-0.2, 0) is 11.2 Å². The molecule has 2 aromatic carbocycles. The van der Waals surface area contributed by atoms with Crippen LogP contribution in [0.5, 0.6) is 11.5 Å². The van der Waals surface area contributed by atoms with Crippen LogP contribution in [0.1, 0.15) is 12.0 Å². The zero-order chi connectivity index (χ0) is 15.0. The van der Waals surface area contributed by atoms with Crippen LogP contribution in [0.15, 0.2) is 30.3 Å². The van der Waals surface area contributed by atoms with Gasteiger partial charge >= 0.3 is 0 Å². The van der Waals surface area contributed by atoms with E-state index < -0.39 is 5.82 Å². The molecule has 3 rings (SSSR count). The number of aryl methyl sites for hydroxylation is 1. The Balaban J connectivity index is 1.95. The number of benzene rings is 2. The average Bonchev–Trinajstić information content (AvgIpc) is 2.43. The summed E-state index contributed by atoms with van der Waals surface area (Å²) in [6.45, 7) is 0. The molecule has 0 saturated heterocycles. The maximum Gasteiger partial charge on any atom is 0.224 e. The van der Waals surface area contributed by atoms with Crippen LogP contribution in [0.2, 0.25) is 5.02 Å². The highest BCUT2D eigenvalue weighted by Gasteiger charge is 2.18. The standard InChI is InChI=1S/C15H12ClFN2O2/c16-10-6-9(17)2-3-13(10)21-14-7-12-8(5-11(14)18)1-4-15(20)19-12/h2-3,5-7H,1,4,18H2,(H,19,20). The summed E-state index contributed by atoms with van der Waals surface area (Å²) in [5.74, 6) is 0.173. The number of nitrogen functional groups attached to an aromatic ring is 1. The summed E-state index contributed by atoms with van der Waals surface area (Å²) in [5.41, 5.74) is 8.03. The quantitative estimate of drug-likeness (QED) is 0.831. The zero-order valence-corrected chi connectivity index (χ0v) is 11.7. The normalized spacial score (nSPS) is 13.5. The number of anilines is 2. The maximum atomic E-state index is 13.0. The molecule has 1 amide bonds. The molecule has 0 bridgehead atoms. The van der Waals surface area contributed by atoms with Gasteiger partial charge in [-0.05, 0) is 36.2 Å². The van der Waals surface area contributed by atoms with Crippen LogP contribution in [-0.4, -0.2) is 5.91 Å². The number of rotatable bonds is 2. The van der Waals surface area contributed by atoms with Crippen molar-refractivity contribution in [3.63, 3.8) is 0 Å². The average molecular weight is 307 g/mol. The Bertz CT molecular complexity index is 734. The summed E-state index contributed by atoms with van der Waals surface area (Å²) in [7, 11) is 0. The van der Waals surface area contributed by atoms with Gasteiger partial charge in [-0.25, -0.2) is 4.39 Å². The van der Waals surface area contributed by atoms with E-state index in [1.807, 2.05) is 0 Å². The van der Waals surface area contributed by atoms with Gasteiger partial charge in [0.1, 0.15) is 11.6 Å². The molecule has 0 spiro atoms. The molecular weight excluding hydrogens is 295 g/mol. The first-order valence-electron chi connectivity index (χ1n) is 6.38. The van der Waals surface area contributed by atoms with Crippen molar-refractivity contribution in [1.29, 1.82) is 0 Å². The number of nitrogens with one attached hydrogen (secondary N) is 1. The number of halogens is 2. The number of nitrogens with two attached hydrogens (primary N) is 1. The summed E-state index contributed by atoms with van der Waals surface area (Å²) >= 11 is 5.92. The number of hydrogen-bond donors (Lipinski definition) is 2. The first-order chi connectivity index (χ1) is 10.0. The summed E-state index contributed by atoms with van der Waals surface area (Å²) in [5, 5.41) is 2.92. The molecule has 0 radical (unpaired) electrons. The Hall–Kier alpha value is -2.27. The lowest BCUT2D eigenvalue weighted by Gasteiger charge is -2.19.